The minimum absolute atomic E-state index is 0.396. The van der Waals surface area contributed by atoms with Crippen molar-refractivity contribution in [1.82, 2.24) is 15.5 Å². The van der Waals surface area contributed by atoms with Crippen molar-refractivity contribution in [2.24, 2.45) is 0 Å². The molecule has 0 unspecified atom stereocenters. The van der Waals surface area contributed by atoms with E-state index in [1.54, 1.807) is 16.2 Å². The average Bonchev–Trinajstić information content (AvgIpc) is 2.82. The molecule has 2 heterocycles. The lowest BCUT2D eigenvalue weighted by molar-refractivity contribution is -0.146. The first kappa shape index (κ1) is 13.5. The zero-order valence-corrected chi connectivity index (χ0v) is 12.1. The predicted molar refractivity (Wildman–Crippen MR) is 73.3 cm³/mol. The van der Waals surface area contributed by atoms with Gasteiger partial charge in [0, 0.05) is 40.9 Å². The molecule has 1 saturated heterocycles. The number of amides is 2. The molecule has 2 amide bonds. The lowest BCUT2D eigenvalue weighted by atomic mass is 10.3. The summed E-state index contributed by atoms with van der Waals surface area (Å²) in [7, 11) is 0. The van der Waals surface area contributed by atoms with Crippen LogP contribution in [0.25, 0.3) is 0 Å². The molecule has 0 radical (unpaired) electrons. The molecule has 1 aromatic rings. The van der Waals surface area contributed by atoms with Gasteiger partial charge in [0.15, 0.2) is 0 Å². The molecule has 18 heavy (non-hydrogen) atoms. The molecule has 2 N–H and O–H groups in total. The molecular weight excluding hydrogens is 318 g/mol. The zero-order chi connectivity index (χ0) is 13.0. The Balaban J connectivity index is 1.81. The number of nitrogens with zero attached hydrogens (tertiary/aromatic N) is 1. The summed E-state index contributed by atoms with van der Waals surface area (Å²) >= 11 is 4.89. The van der Waals surface area contributed by atoms with Crippen molar-refractivity contribution < 1.29 is 9.59 Å². The monoisotopic (exact) mass is 331 g/mol. The van der Waals surface area contributed by atoms with E-state index in [1.807, 2.05) is 11.4 Å². The number of rotatable bonds is 2. The summed E-state index contributed by atoms with van der Waals surface area (Å²) in [6, 6.07) is 1.93. The lowest BCUT2D eigenvalue weighted by Gasteiger charge is -2.26. The van der Waals surface area contributed by atoms with Gasteiger partial charge in [-0.3, -0.25) is 9.59 Å². The second-order valence-electron chi connectivity index (χ2n) is 3.96. The molecule has 1 aromatic heterocycles. The summed E-state index contributed by atoms with van der Waals surface area (Å²) in [5, 5.41) is 7.73. The molecule has 0 aliphatic carbocycles. The Morgan fingerprint density at radius 2 is 2.17 bits per heavy atom. The third-order valence-electron chi connectivity index (χ3n) is 2.64. The molecule has 0 atom stereocenters. The van der Waals surface area contributed by atoms with Gasteiger partial charge in [-0.1, -0.05) is 0 Å². The Labute approximate surface area is 118 Å². The second kappa shape index (κ2) is 6.31. The third-order valence-corrected chi connectivity index (χ3v) is 4.34. The van der Waals surface area contributed by atoms with Gasteiger partial charge in [-0.15, -0.1) is 11.3 Å². The SMILES string of the molecule is O=C(NCc1cc(Br)cs1)C(=O)N1CCNCC1. The smallest absolute Gasteiger partial charge is 0.311 e. The van der Waals surface area contributed by atoms with E-state index in [9.17, 15) is 9.59 Å². The summed E-state index contributed by atoms with van der Waals surface area (Å²) in [6.07, 6.45) is 0. The van der Waals surface area contributed by atoms with Crippen LogP contribution in [0.2, 0.25) is 0 Å². The number of thiophene rings is 1. The van der Waals surface area contributed by atoms with Crippen molar-refractivity contribution >= 4 is 39.1 Å². The van der Waals surface area contributed by atoms with Crippen LogP contribution >= 0.6 is 27.3 Å². The van der Waals surface area contributed by atoms with Gasteiger partial charge in [0.25, 0.3) is 0 Å². The van der Waals surface area contributed by atoms with E-state index >= 15 is 0 Å². The predicted octanol–water partition coefficient (Wildman–Crippen LogP) is 0.559. The highest BCUT2D eigenvalue weighted by atomic mass is 79.9. The summed E-state index contributed by atoms with van der Waals surface area (Å²) in [6.45, 7) is 3.08. The molecule has 0 aromatic carbocycles. The van der Waals surface area contributed by atoms with Gasteiger partial charge in [-0.25, -0.2) is 0 Å². The van der Waals surface area contributed by atoms with Gasteiger partial charge in [-0.2, -0.15) is 0 Å². The minimum Gasteiger partial charge on any atom is -0.343 e. The van der Waals surface area contributed by atoms with Crippen molar-refractivity contribution in [2.75, 3.05) is 26.2 Å². The number of carbonyl (C=O) groups is 2. The van der Waals surface area contributed by atoms with Crippen molar-refractivity contribution in [3.63, 3.8) is 0 Å². The van der Waals surface area contributed by atoms with Crippen LogP contribution in [0.1, 0.15) is 4.88 Å². The number of hydrogen-bond acceptors (Lipinski definition) is 4. The van der Waals surface area contributed by atoms with Gasteiger partial charge < -0.3 is 15.5 Å². The van der Waals surface area contributed by atoms with Crippen LogP contribution in [0.15, 0.2) is 15.9 Å². The van der Waals surface area contributed by atoms with Crippen molar-refractivity contribution in [3.8, 4) is 0 Å². The highest BCUT2D eigenvalue weighted by Crippen LogP contribution is 2.19. The van der Waals surface area contributed by atoms with E-state index in [1.165, 1.54) is 0 Å². The normalized spacial score (nSPS) is 15.5. The first-order valence-corrected chi connectivity index (χ1v) is 7.35. The topological polar surface area (TPSA) is 61.4 Å². The Kier molecular flexibility index (Phi) is 4.73. The molecular formula is C11H14BrN3O2S. The fourth-order valence-corrected chi connectivity index (χ4v) is 3.09. The first-order chi connectivity index (χ1) is 8.66. The number of nitrogens with one attached hydrogen (secondary N) is 2. The number of piperazine rings is 1. The molecule has 0 saturated carbocycles. The van der Waals surface area contributed by atoms with Crippen LogP contribution in [0.5, 0.6) is 0 Å². The van der Waals surface area contributed by atoms with E-state index in [0.29, 0.717) is 19.6 Å². The largest absolute Gasteiger partial charge is 0.343 e. The molecule has 0 spiro atoms. The number of halogens is 1. The van der Waals surface area contributed by atoms with Crippen LogP contribution in [0, 0.1) is 0 Å². The molecule has 0 bridgehead atoms. The highest BCUT2D eigenvalue weighted by molar-refractivity contribution is 9.10. The van der Waals surface area contributed by atoms with Crippen molar-refractivity contribution in [1.29, 1.82) is 0 Å². The van der Waals surface area contributed by atoms with Crippen LogP contribution < -0.4 is 10.6 Å². The summed E-state index contributed by atoms with van der Waals surface area (Å²) < 4.78 is 0.991. The van der Waals surface area contributed by atoms with Gasteiger partial charge in [0.1, 0.15) is 0 Å². The molecule has 5 nitrogen and oxygen atoms in total. The van der Waals surface area contributed by atoms with E-state index in [2.05, 4.69) is 26.6 Å². The van der Waals surface area contributed by atoms with Crippen LogP contribution in [0.3, 0.4) is 0 Å². The Hall–Kier alpha value is -0.920. The molecule has 7 heteroatoms. The maximum Gasteiger partial charge on any atom is 0.311 e. The first-order valence-electron chi connectivity index (χ1n) is 5.67. The second-order valence-corrected chi connectivity index (χ2v) is 5.87. The van der Waals surface area contributed by atoms with Gasteiger partial charge >= 0.3 is 11.8 Å². The van der Waals surface area contributed by atoms with Gasteiger partial charge in [-0.05, 0) is 22.0 Å². The maximum atomic E-state index is 11.8. The van der Waals surface area contributed by atoms with E-state index in [0.717, 1.165) is 22.4 Å². The molecule has 98 valence electrons. The van der Waals surface area contributed by atoms with Gasteiger partial charge in [0.05, 0.1) is 6.54 Å². The van der Waals surface area contributed by atoms with Crippen LogP contribution in [-0.4, -0.2) is 42.9 Å². The number of carbonyl (C=O) groups excluding carboxylic acids is 2. The summed E-state index contributed by atoms with van der Waals surface area (Å²) in [4.78, 5) is 26.1. The average molecular weight is 332 g/mol. The molecule has 1 aliphatic heterocycles. The van der Waals surface area contributed by atoms with Crippen molar-refractivity contribution in [2.45, 2.75) is 6.54 Å². The van der Waals surface area contributed by atoms with Crippen LogP contribution in [0.4, 0.5) is 0 Å². The van der Waals surface area contributed by atoms with Gasteiger partial charge in [0.2, 0.25) is 0 Å². The fraction of sp³-hybridized carbons (Fsp3) is 0.455. The zero-order valence-electron chi connectivity index (χ0n) is 9.74. The van der Waals surface area contributed by atoms with Crippen molar-refractivity contribution in [3.05, 3.63) is 20.8 Å². The summed E-state index contributed by atoms with van der Waals surface area (Å²) in [5.41, 5.74) is 0. The highest BCUT2D eigenvalue weighted by Gasteiger charge is 2.22. The Bertz CT molecular complexity index is 443. The maximum absolute atomic E-state index is 11.8. The summed E-state index contributed by atoms with van der Waals surface area (Å²) in [5.74, 6) is -0.964. The quantitative estimate of drug-likeness (QED) is 0.778. The molecule has 1 fully saturated rings. The third kappa shape index (κ3) is 3.54. The number of hydrogen-bond donors (Lipinski definition) is 2. The Morgan fingerprint density at radius 1 is 1.44 bits per heavy atom. The molecule has 2 rings (SSSR count). The standard InChI is InChI=1S/C11H14BrN3O2S/c12-8-5-9(18-7-8)6-14-10(16)11(17)15-3-1-13-2-4-15/h5,7,13H,1-4,6H2,(H,14,16). The lowest BCUT2D eigenvalue weighted by Crippen LogP contribution is -2.51. The minimum atomic E-state index is -0.526. The fourth-order valence-electron chi connectivity index (χ4n) is 1.70. The van der Waals surface area contributed by atoms with E-state index < -0.39 is 11.8 Å². The van der Waals surface area contributed by atoms with E-state index in [4.69, 9.17) is 0 Å². The Morgan fingerprint density at radius 3 is 2.78 bits per heavy atom. The molecule has 1 aliphatic rings. The van der Waals surface area contributed by atoms with E-state index in [-0.39, 0.29) is 0 Å². The van der Waals surface area contributed by atoms with Crippen LogP contribution in [-0.2, 0) is 16.1 Å².